The predicted molar refractivity (Wildman–Crippen MR) is 78.9 cm³/mol. The average molecular weight is 252 g/mol. The zero-order valence-electron chi connectivity index (χ0n) is 12.7. The lowest BCUT2D eigenvalue weighted by Crippen LogP contribution is -2.38. The van der Waals surface area contributed by atoms with Gasteiger partial charge in [0.2, 0.25) is 0 Å². The van der Waals surface area contributed by atoms with Gasteiger partial charge in [-0.3, -0.25) is 4.90 Å². The molecule has 18 heavy (non-hydrogen) atoms. The zero-order chi connectivity index (χ0) is 13.0. The molecule has 2 fully saturated rings. The van der Waals surface area contributed by atoms with E-state index >= 15 is 0 Å². The van der Waals surface area contributed by atoms with Crippen LogP contribution < -0.4 is 5.32 Å². The fraction of sp³-hybridized carbons (Fsp3) is 1.00. The fourth-order valence-corrected chi connectivity index (χ4v) is 3.32. The molecule has 2 nitrogen and oxygen atoms in total. The van der Waals surface area contributed by atoms with Crippen LogP contribution in [-0.4, -0.2) is 36.6 Å². The lowest BCUT2D eigenvalue weighted by molar-refractivity contribution is 0.267. The molecule has 0 bridgehead atoms. The number of hydrogen-bond acceptors (Lipinski definition) is 2. The molecule has 0 spiro atoms. The van der Waals surface area contributed by atoms with E-state index in [1.807, 2.05) is 0 Å². The standard InChI is InChI=1S/C16H32N2/c1-4-18(15-7-8-15)13-12-17-14-6-5-10-16(2,3)11-9-14/h14-15,17H,4-13H2,1-3H3. The van der Waals surface area contributed by atoms with Crippen LogP contribution in [0.15, 0.2) is 0 Å². The summed E-state index contributed by atoms with van der Waals surface area (Å²) in [6.45, 7) is 10.8. The molecule has 2 rings (SSSR count). The van der Waals surface area contributed by atoms with E-state index in [2.05, 4.69) is 31.0 Å². The molecular weight excluding hydrogens is 220 g/mol. The molecule has 0 aromatic rings. The molecule has 0 aromatic heterocycles. The minimum atomic E-state index is 0.583. The topological polar surface area (TPSA) is 15.3 Å². The first-order valence-corrected chi connectivity index (χ1v) is 8.08. The van der Waals surface area contributed by atoms with Gasteiger partial charge in [-0.15, -0.1) is 0 Å². The van der Waals surface area contributed by atoms with E-state index in [1.54, 1.807) is 0 Å². The van der Waals surface area contributed by atoms with Crippen molar-refractivity contribution >= 4 is 0 Å². The summed E-state index contributed by atoms with van der Waals surface area (Å²) in [6.07, 6.45) is 9.85. The van der Waals surface area contributed by atoms with Crippen LogP contribution in [0.25, 0.3) is 0 Å². The maximum absolute atomic E-state index is 3.81. The quantitative estimate of drug-likeness (QED) is 0.729. The molecule has 2 heteroatoms. The van der Waals surface area contributed by atoms with Crippen molar-refractivity contribution in [2.45, 2.75) is 77.8 Å². The Kier molecular flexibility index (Phi) is 5.08. The van der Waals surface area contributed by atoms with Gasteiger partial charge < -0.3 is 5.32 Å². The Morgan fingerprint density at radius 2 is 1.89 bits per heavy atom. The molecule has 2 aliphatic rings. The molecule has 0 aromatic carbocycles. The molecule has 1 N–H and O–H groups in total. The van der Waals surface area contributed by atoms with Gasteiger partial charge in [0.25, 0.3) is 0 Å². The summed E-state index contributed by atoms with van der Waals surface area (Å²) in [7, 11) is 0. The zero-order valence-corrected chi connectivity index (χ0v) is 12.7. The van der Waals surface area contributed by atoms with E-state index in [4.69, 9.17) is 0 Å². The Morgan fingerprint density at radius 3 is 2.56 bits per heavy atom. The van der Waals surface area contributed by atoms with Crippen LogP contribution in [0, 0.1) is 5.41 Å². The molecule has 0 aliphatic heterocycles. The Morgan fingerprint density at radius 1 is 1.11 bits per heavy atom. The van der Waals surface area contributed by atoms with Crippen LogP contribution in [-0.2, 0) is 0 Å². The SMILES string of the molecule is CCN(CCNC1CCCC(C)(C)CC1)C1CC1. The molecule has 2 saturated carbocycles. The molecular formula is C16H32N2. The van der Waals surface area contributed by atoms with Gasteiger partial charge in [0.15, 0.2) is 0 Å². The maximum Gasteiger partial charge on any atom is 0.0110 e. The summed E-state index contributed by atoms with van der Waals surface area (Å²) in [5, 5.41) is 3.81. The summed E-state index contributed by atoms with van der Waals surface area (Å²) in [6, 6.07) is 1.70. The molecule has 106 valence electrons. The summed E-state index contributed by atoms with van der Waals surface area (Å²) in [5.41, 5.74) is 0.583. The molecule has 2 aliphatic carbocycles. The molecule has 0 saturated heterocycles. The van der Waals surface area contributed by atoms with Crippen molar-refractivity contribution in [1.82, 2.24) is 10.2 Å². The fourth-order valence-electron chi connectivity index (χ4n) is 3.32. The summed E-state index contributed by atoms with van der Waals surface area (Å²) < 4.78 is 0. The van der Waals surface area contributed by atoms with E-state index < -0.39 is 0 Å². The second-order valence-electron chi connectivity index (χ2n) is 7.11. The molecule has 0 radical (unpaired) electrons. The minimum Gasteiger partial charge on any atom is -0.313 e. The maximum atomic E-state index is 3.81. The van der Waals surface area contributed by atoms with Gasteiger partial charge in [0, 0.05) is 25.2 Å². The molecule has 0 amide bonds. The number of nitrogens with zero attached hydrogens (tertiary/aromatic N) is 1. The van der Waals surface area contributed by atoms with Crippen molar-refractivity contribution in [1.29, 1.82) is 0 Å². The summed E-state index contributed by atoms with van der Waals surface area (Å²) in [4.78, 5) is 2.65. The van der Waals surface area contributed by atoms with E-state index in [9.17, 15) is 0 Å². The first kappa shape index (κ1) is 14.3. The van der Waals surface area contributed by atoms with Crippen molar-refractivity contribution in [3.8, 4) is 0 Å². The third kappa shape index (κ3) is 4.55. The third-order valence-electron chi connectivity index (χ3n) is 4.88. The molecule has 0 heterocycles. The van der Waals surface area contributed by atoms with Crippen molar-refractivity contribution in [3.63, 3.8) is 0 Å². The van der Waals surface area contributed by atoms with Crippen molar-refractivity contribution in [3.05, 3.63) is 0 Å². The van der Waals surface area contributed by atoms with Crippen LogP contribution in [0.2, 0.25) is 0 Å². The smallest absolute Gasteiger partial charge is 0.0110 e. The molecule has 1 unspecified atom stereocenters. The van der Waals surface area contributed by atoms with Gasteiger partial charge >= 0.3 is 0 Å². The Labute approximate surface area is 114 Å². The average Bonchev–Trinajstić information content (AvgIpc) is 3.14. The Balaban J connectivity index is 1.63. The van der Waals surface area contributed by atoms with Gasteiger partial charge in [-0.1, -0.05) is 27.2 Å². The number of nitrogens with one attached hydrogen (secondary N) is 1. The summed E-state index contributed by atoms with van der Waals surface area (Å²) in [5.74, 6) is 0. The predicted octanol–water partition coefficient (Wildman–Crippen LogP) is 3.42. The highest BCUT2D eigenvalue weighted by molar-refractivity contribution is 4.85. The van der Waals surface area contributed by atoms with E-state index in [-0.39, 0.29) is 0 Å². The van der Waals surface area contributed by atoms with Crippen LogP contribution >= 0.6 is 0 Å². The van der Waals surface area contributed by atoms with Crippen molar-refractivity contribution < 1.29 is 0 Å². The van der Waals surface area contributed by atoms with Crippen LogP contribution in [0.5, 0.6) is 0 Å². The Hall–Kier alpha value is -0.0800. The van der Waals surface area contributed by atoms with Gasteiger partial charge in [0.05, 0.1) is 0 Å². The third-order valence-corrected chi connectivity index (χ3v) is 4.88. The van der Waals surface area contributed by atoms with Gasteiger partial charge in [0.1, 0.15) is 0 Å². The van der Waals surface area contributed by atoms with Gasteiger partial charge in [-0.25, -0.2) is 0 Å². The first-order valence-electron chi connectivity index (χ1n) is 8.08. The van der Waals surface area contributed by atoms with Gasteiger partial charge in [-0.2, -0.15) is 0 Å². The largest absolute Gasteiger partial charge is 0.313 e. The lowest BCUT2D eigenvalue weighted by Gasteiger charge is -2.24. The van der Waals surface area contributed by atoms with E-state index in [1.165, 1.54) is 64.6 Å². The highest BCUT2D eigenvalue weighted by atomic mass is 15.2. The normalized spacial score (nSPS) is 28.3. The van der Waals surface area contributed by atoms with Crippen molar-refractivity contribution in [2.24, 2.45) is 5.41 Å². The second-order valence-corrected chi connectivity index (χ2v) is 7.11. The monoisotopic (exact) mass is 252 g/mol. The van der Waals surface area contributed by atoms with Crippen molar-refractivity contribution in [2.75, 3.05) is 19.6 Å². The lowest BCUT2D eigenvalue weighted by atomic mass is 9.85. The minimum absolute atomic E-state index is 0.583. The first-order chi connectivity index (χ1) is 8.61. The summed E-state index contributed by atoms with van der Waals surface area (Å²) >= 11 is 0. The second kappa shape index (κ2) is 6.38. The highest BCUT2D eigenvalue weighted by Gasteiger charge is 2.28. The Bertz CT molecular complexity index is 245. The number of hydrogen-bond donors (Lipinski definition) is 1. The van der Waals surface area contributed by atoms with E-state index in [0.29, 0.717) is 5.41 Å². The number of likely N-dealkylation sites (N-methyl/N-ethyl adjacent to an activating group) is 1. The van der Waals surface area contributed by atoms with Crippen LogP contribution in [0.4, 0.5) is 0 Å². The van der Waals surface area contributed by atoms with E-state index in [0.717, 1.165) is 12.1 Å². The van der Waals surface area contributed by atoms with Crippen LogP contribution in [0.1, 0.15) is 65.7 Å². The van der Waals surface area contributed by atoms with Gasteiger partial charge in [-0.05, 0) is 50.5 Å². The van der Waals surface area contributed by atoms with Crippen LogP contribution in [0.3, 0.4) is 0 Å². The molecule has 1 atom stereocenters. The highest BCUT2D eigenvalue weighted by Crippen LogP contribution is 2.33. The number of rotatable bonds is 6.